The van der Waals surface area contributed by atoms with Gasteiger partial charge < -0.3 is 10.1 Å². The van der Waals surface area contributed by atoms with Crippen LogP contribution in [0.1, 0.15) is 24.1 Å². The van der Waals surface area contributed by atoms with Crippen LogP contribution in [0.4, 0.5) is 13.2 Å². The third-order valence-electron chi connectivity index (χ3n) is 2.79. The molecule has 0 spiro atoms. The maximum Gasteiger partial charge on any atom is 0.408 e. The highest BCUT2D eigenvalue weighted by Gasteiger charge is 2.42. The molecular weight excluding hydrogens is 231 g/mol. The molecular formula is C12H14F3NO. The number of benzene rings is 1. The van der Waals surface area contributed by atoms with Crippen molar-refractivity contribution >= 4 is 0 Å². The fourth-order valence-electron chi connectivity index (χ4n) is 2.07. The van der Waals surface area contributed by atoms with Gasteiger partial charge in [-0.05, 0) is 12.1 Å². The lowest BCUT2D eigenvalue weighted by Gasteiger charge is -2.23. The minimum Gasteiger partial charge on any atom is -0.493 e. The first-order chi connectivity index (χ1) is 8.04. The normalized spacial score (nSPS) is 16.5. The summed E-state index contributed by atoms with van der Waals surface area (Å²) in [4.78, 5) is 0. The number of halogens is 3. The molecule has 0 aliphatic carbocycles. The number of hydrogen-bond acceptors (Lipinski definition) is 2. The van der Waals surface area contributed by atoms with Crippen molar-refractivity contribution in [2.24, 2.45) is 0 Å². The van der Waals surface area contributed by atoms with Gasteiger partial charge in [0.15, 0.2) is 0 Å². The number of rotatable bonds is 3. The SMILES string of the molecule is CCNC(c1cccc2c1OCC2)C(F)(F)F. The third-order valence-corrected chi connectivity index (χ3v) is 2.79. The molecule has 0 saturated heterocycles. The predicted octanol–water partition coefficient (Wildman–Crippen LogP) is 2.83. The molecule has 1 atom stereocenters. The van der Waals surface area contributed by atoms with Gasteiger partial charge in [0.2, 0.25) is 0 Å². The van der Waals surface area contributed by atoms with Crippen LogP contribution in [0.25, 0.3) is 0 Å². The zero-order valence-corrected chi connectivity index (χ0v) is 9.47. The van der Waals surface area contributed by atoms with E-state index in [9.17, 15) is 13.2 Å². The van der Waals surface area contributed by atoms with Gasteiger partial charge in [0.1, 0.15) is 11.8 Å². The van der Waals surface area contributed by atoms with E-state index in [4.69, 9.17) is 4.74 Å². The first-order valence-electron chi connectivity index (χ1n) is 5.58. The Labute approximate surface area is 97.8 Å². The molecule has 0 aromatic heterocycles. The highest BCUT2D eigenvalue weighted by Crippen LogP contribution is 2.40. The molecule has 5 heteroatoms. The molecule has 1 aliphatic rings. The van der Waals surface area contributed by atoms with Gasteiger partial charge in [-0.1, -0.05) is 25.1 Å². The summed E-state index contributed by atoms with van der Waals surface area (Å²) in [5.41, 5.74) is 1.05. The number of alkyl halides is 3. The van der Waals surface area contributed by atoms with Gasteiger partial charge in [0.05, 0.1) is 6.61 Å². The maximum atomic E-state index is 12.9. The van der Waals surface area contributed by atoms with Gasteiger partial charge in [-0.15, -0.1) is 0 Å². The van der Waals surface area contributed by atoms with Crippen molar-refractivity contribution in [2.45, 2.75) is 25.6 Å². The highest BCUT2D eigenvalue weighted by atomic mass is 19.4. The summed E-state index contributed by atoms with van der Waals surface area (Å²) in [6.45, 7) is 2.37. The Balaban J connectivity index is 2.40. The van der Waals surface area contributed by atoms with E-state index in [2.05, 4.69) is 5.32 Å². The van der Waals surface area contributed by atoms with E-state index in [0.29, 0.717) is 18.8 Å². The van der Waals surface area contributed by atoms with Crippen molar-refractivity contribution in [3.8, 4) is 5.75 Å². The van der Waals surface area contributed by atoms with Crippen molar-refractivity contribution < 1.29 is 17.9 Å². The van der Waals surface area contributed by atoms with Crippen LogP contribution in [0, 0.1) is 0 Å². The Morgan fingerprint density at radius 2 is 2.18 bits per heavy atom. The molecule has 1 aliphatic heterocycles. The van der Waals surface area contributed by atoms with E-state index < -0.39 is 12.2 Å². The molecule has 1 aromatic rings. The summed E-state index contributed by atoms with van der Waals surface area (Å²) in [5, 5.41) is 2.46. The highest BCUT2D eigenvalue weighted by molar-refractivity contribution is 5.46. The zero-order valence-electron chi connectivity index (χ0n) is 9.47. The minimum absolute atomic E-state index is 0.189. The number of para-hydroxylation sites is 1. The van der Waals surface area contributed by atoms with Crippen molar-refractivity contribution in [1.29, 1.82) is 0 Å². The second kappa shape index (κ2) is 4.56. The third kappa shape index (κ3) is 2.39. The Hall–Kier alpha value is -1.23. The van der Waals surface area contributed by atoms with Gasteiger partial charge in [-0.25, -0.2) is 0 Å². The molecule has 1 unspecified atom stereocenters. The molecule has 1 aromatic carbocycles. The Morgan fingerprint density at radius 3 is 2.82 bits per heavy atom. The van der Waals surface area contributed by atoms with Gasteiger partial charge in [-0.3, -0.25) is 0 Å². The monoisotopic (exact) mass is 245 g/mol. The van der Waals surface area contributed by atoms with Crippen LogP contribution < -0.4 is 10.1 Å². The Kier molecular flexibility index (Phi) is 3.28. The fraction of sp³-hybridized carbons (Fsp3) is 0.500. The first kappa shape index (κ1) is 12.2. The average molecular weight is 245 g/mol. The standard InChI is InChI=1S/C12H14F3NO/c1-2-16-11(12(13,14)15)9-5-3-4-8-6-7-17-10(8)9/h3-5,11,16H,2,6-7H2,1H3. The van der Waals surface area contributed by atoms with Crippen LogP contribution in [0.5, 0.6) is 5.75 Å². The number of fused-ring (bicyclic) bond motifs is 1. The molecule has 0 fully saturated rings. The summed E-state index contributed by atoms with van der Waals surface area (Å²) >= 11 is 0. The van der Waals surface area contributed by atoms with E-state index in [1.807, 2.05) is 6.07 Å². The van der Waals surface area contributed by atoms with E-state index in [0.717, 1.165) is 5.56 Å². The molecule has 1 N–H and O–H groups in total. The van der Waals surface area contributed by atoms with Crippen LogP contribution >= 0.6 is 0 Å². The van der Waals surface area contributed by atoms with E-state index in [1.54, 1.807) is 13.0 Å². The summed E-state index contributed by atoms with van der Waals surface area (Å²) in [6, 6.07) is 3.29. The number of nitrogens with one attached hydrogen (secondary N) is 1. The largest absolute Gasteiger partial charge is 0.493 e. The lowest BCUT2D eigenvalue weighted by atomic mass is 10.0. The van der Waals surface area contributed by atoms with Gasteiger partial charge in [-0.2, -0.15) is 13.2 Å². The molecule has 0 radical (unpaired) electrons. The molecule has 2 nitrogen and oxygen atoms in total. The molecule has 1 heterocycles. The number of ether oxygens (including phenoxy) is 1. The van der Waals surface area contributed by atoms with Gasteiger partial charge in [0, 0.05) is 12.0 Å². The second-order valence-electron chi connectivity index (χ2n) is 3.97. The van der Waals surface area contributed by atoms with E-state index >= 15 is 0 Å². The molecule has 17 heavy (non-hydrogen) atoms. The molecule has 2 rings (SSSR count). The van der Waals surface area contributed by atoms with Crippen molar-refractivity contribution in [3.05, 3.63) is 29.3 Å². The van der Waals surface area contributed by atoms with Crippen LogP contribution in [0.2, 0.25) is 0 Å². The fourth-order valence-corrected chi connectivity index (χ4v) is 2.07. The van der Waals surface area contributed by atoms with Gasteiger partial charge in [0.25, 0.3) is 0 Å². The minimum atomic E-state index is -4.31. The quantitative estimate of drug-likeness (QED) is 0.884. The first-order valence-corrected chi connectivity index (χ1v) is 5.58. The molecule has 0 saturated carbocycles. The van der Waals surface area contributed by atoms with Crippen LogP contribution in [0.3, 0.4) is 0 Å². The lowest BCUT2D eigenvalue weighted by Crippen LogP contribution is -2.34. The van der Waals surface area contributed by atoms with Crippen LogP contribution in [0.15, 0.2) is 18.2 Å². The van der Waals surface area contributed by atoms with Crippen molar-refractivity contribution in [2.75, 3.05) is 13.2 Å². The molecule has 94 valence electrons. The van der Waals surface area contributed by atoms with E-state index in [-0.39, 0.29) is 12.1 Å². The predicted molar refractivity (Wildman–Crippen MR) is 58.1 cm³/mol. The second-order valence-corrected chi connectivity index (χ2v) is 3.97. The van der Waals surface area contributed by atoms with E-state index in [1.165, 1.54) is 6.07 Å². The summed E-state index contributed by atoms with van der Waals surface area (Å²) in [7, 11) is 0. The number of hydrogen-bond donors (Lipinski definition) is 1. The van der Waals surface area contributed by atoms with Crippen molar-refractivity contribution in [3.63, 3.8) is 0 Å². The summed E-state index contributed by atoms with van der Waals surface area (Å²) in [5.74, 6) is 0.399. The molecule has 0 bridgehead atoms. The summed E-state index contributed by atoms with van der Waals surface area (Å²) < 4.78 is 44.1. The maximum absolute atomic E-state index is 12.9. The topological polar surface area (TPSA) is 21.3 Å². The lowest BCUT2D eigenvalue weighted by molar-refractivity contribution is -0.157. The van der Waals surface area contributed by atoms with Crippen LogP contribution in [-0.4, -0.2) is 19.3 Å². The Morgan fingerprint density at radius 1 is 1.41 bits per heavy atom. The average Bonchev–Trinajstić information content (AvgIpc) is 2.72. The van der Waals surface area contributed by atoms with Gasteiger partial charge >= 0.3 is 6.18 Å². The molecule has 0 amide bonds. The van der Waals surface area contributed by atoms with Crippen molar-refractivity contribution in [1.82, 2.24) is 5.32 Å². The zero-order chi connectivity index (χ0) is 12.5. The Bertz CT molecular complexity index is 403. The smallest absolute Gasteiger partial charge is 0.408 e. The van der Waals surface area contributed by atoms with Crippen LogP contribution in [-0.2, 0) is 6.42 Å². The summed E-state index contributed by atoms with van der Waals surface area (Å²) in [6.07, 6.45) is -3.63.